The van der Waals surface area contributed by atoms with Crippen LogP contribution in [0.5, 0.6) is 0 Å². The second-order valence-corrected chi connectivity index (χ2v) is 5.57. The van der Waals surface area contributed by atoms with Crippen LogP contribution in [0.25, 0.3) is 44.5 Å². The van der Waals surface area contributed by atoms with Gasteiger partial charge in [0.15, 0.2) is 0 Å². The SMILES string of the molecule is c1cnc(-c2ccc3[nH]nc(-c4cc5cnccc5[nH]4)c3c2)cn1. The van der Waals surface area contributed by atoms with Crippen LogP contribution in [0.2, 0.25) is 0 Å². The van der Waals surface area contributed by atoms with Crippen molar-refractivity contribution in [1.82, 2.24) is 30.1 Å². The van der Waals surface area contributed by atoms with Gasteiger partial charge in [-0.3, -0.25) is 20.1 Å². The fourth-order valence-corrected chi connectivity index (χ4v) is 2.93. The fourth-order valence-electron chi connectivity index (χ4n) is 2.93. The molecule has 4 heterocycles. The summed E-state index contributed by atoms with van der Waals surface area (Å²) in [7, 11) is 0. The van der Waals surface area contributed by atoms with Gasteiger partial charge in [0.05, 0.1) is 23.1 Å². The Morgan fingerprint density at radius 2 is 1.79 bits per heavy atom. The molecule has 5 aromatic rings. The molecule has 24 heavy (non-hydrogen) atoms. The van der Waals surface area contributed by atoms with Crippen LogP contribution >= 0.6 is 0 Å². The molecule has 0 aliphatic rings. The number of aromatic amines is 2. The van der Waals surface area contributed by atoms with Gasteiger partial charge in [-0.1, -0.05) is 6.07 Å². The number of nitrogens with zero attached hydrogens (tertiary/aromatic N) is 4. The molecule has 0 spiro atoms. The summed E-state index contributed by atoms with van der Waals surface area (Å²) in [5.41, 5.74) is 5.71. The summed E-state index contributed by atoms with van der Waals surface area (Å²) in [4.78, 5) is 16.1. The monoisotopic (exact) mass is 312 g/mol. The van der Waals surface area contributed by atoms with Gasteiger partial charge in [-0.05, 0) is 24.3 Å². The van der Waals surface area contributed by atoms with Crippen LogP contribution < -0.4 is 0 Å². The largest absolute Gasteiger partial charge is 0.353 e. The summed E-state index contributed by atoms with van der Waals surface area (Å²) in [5, 5.41) is 9.67. The number of aromatic nitrogens is 6. The molecule has 0 atom stereocenters. The minimum absolute atomic E-state index is 0.840. The van der Waals surface area contributed by atoms with Gasteiger partial charge < -0.3 is 4.98 Å². The average molecular weight is 312 g/mol. The highest BCUT2D eigenvalue weighted by atomic mass is 15.1. The molecule has 2 N–H and O–H groups in total. The molecule has 4 aromatic heterocycles. The van der Waals surface area contributed by atoms with Crippen LogP contribution in [-0.2, 0) is 0 Å². The maximum atomic E-state index is 4.48. The van der Waals surface area contributed by atoms with Crippen molar-refractivity contribution in [1.29, 1.82) is 0 Å². The summed E-state index contributed by atoms with van der Waals surface area (Å²) >= 11 is 0. The molecule has 0 bridgehead atoms. The molecule has 6 nitrogen and oxygen atoms in total. The molecule has 0 saturated carbocycles. The first-order valence-corrected chi connectivity index (χ1v) is 7.56. The maximum Gasteiger partial charge on any atom is 0.116 e. The molecule has 0 fully saturated rings. The Kier molecular flexibility index (Phi) is 2.69. The molecular formula is C18H12N6. The quantitative estimate of drug-likeness (QED) is 0.522. The number of benzene rings is 1. The Morgan fingerprint density at radius 1 is 0.833 bits per heavy atom. The third kappa shape index (κ3) is 1.97. The standard InChI is InChI=1S/C18H12N6/c1-2-15-13(7-11(1)17-10-20-5-6-21-17)18(24-23-15)16-8-12-9-19-4-3-14(12)22-16/h1-10,22H,(H,23,24). The Bertz CT molecular complexity index is 1120. The fraction of sp³-hybridized carbons (Fsp3) is 0. The molecule has 0 unspecified atom stereocenters. The van der Waals surface area contributed by atoms with E-state index in [1.165, 1.54) is 0 Å². The van der Waals surface area contributed by atoms with Gasteiger partial charge in [-0.2, -0.15) is 5.10 Å². The van der Waals surface area contributed by atoms with E-state index in [9.17, 15) is 0 Å². The molecule has 0 amide bonds. The molecule has 6 heteroatoms. The summed E-state index contributed by atoms with van der Waals surface area (Å²) in [5.74, 6) is 0. The van der Waals surface area contributed by atoms with E-state index in [0.717, 1.165) is 44.5 Å². The first-order chi connectivity index (χ1) is 11.9. The molecule has 0 radical (unpaired) electrons. The average Bonchev–Trinajstić information content (AvgIpc) is 3.25. The van der Waals surface area contributed by atoms with Gasteiger partial charge in [0.1, 0.15) is 5.69 Å². The van der Waals surface area contributed by atoms with E-state index in [0.29, 0.717) is 0 Å². The van der Waals surface area contributed by atoms with Crippen molar-refractivity contribution < 1.29 is 0 Å². The minimum Gasteiger partial charge on any atom is -0.353 e. The van der Waals surface area contributed by atoms with Crippen molar-refractivity contribution in [3.63, 3.8) is 0 Å². The van der Waals surface area contributed by atoms with Gasteiger partial charge in [0, 0.05) is 46.6 Å². The number of pyridine rings is 1. The van der Waals surface area contributed by atoms with Gasteiger partial charge in [0.2, 0.25) is 0 Å². The van der Waals surface area contributed by atoms with Crippen LogP contribution in [0.15, 0.2) is 61.3 Å². The van der Waals surface area contributed by atoms with Crippen LogP contribution in [0, 0.1) is 0 Å². The third-order valence-corrected chi connectivity index (χ3v) is 4.10. The molecule has 1 aromatic carbocycles. The zero-order chi connectivity index (χ0) is 15.9. The molecule has 0 aliphatic heterocycles. The molecule has 0 saturated heterocycles. The molecular weight excluding hydrogens is 300 g/mol. The highest BCUT2D eigenvalue weighted by Crippen LogP contribution is 2.30. The Labute approximate surface area is 136 Å². The van der Waals surface area contributed by atoms with E-state index in [-0.39, 0.29) is 0 Å². The Hall–Kier alpha value is -3.54. The Morgan fingerprint density at radius 3 is 2.67 bits per heavy atom. The lowest BCUT2D eigenvalue weighted by atomic mass is 10.1. The summed E-state index contributed by atoms with van der Waals surface area (Å²) < 4.78 is 0. The summed E-state index contributed by atoms with van der Waals surface area (Å²) in [6.07, 6.45) is 8.74. The first-order valence-electron chi connectivity index (χ1n) is 7.56. The van der Waals surface area contributed by atoms with Crippen molar-refractivity contribution >= 4 is 21.8 Å². The zero-order valence-electron chi connectivity index (χ0n) is 12.6. The zero-order valence-corrected chi connectivity index (χ0v) is 12.6. The normalized spacial score (nSPS) is 11.3. The van der Waals surface area contributed by atoms with Gasteiger partial charge in [-0.25, -0.2) is 0 Å². The lowest BCUT2D eigenvalue weighted by Crippen LogP contribution is -1.84. The van der Waals surface area contributed by atoms with E-state index in [2.05, 4.69) is 42.3 Å². The van der Waals surface area contributed by atoms with E-state index < -0.39 is 0 Å². The summed E-state index contributed by atoms with van der Waals surface area (Å²) in [6, 6.07) is 10.1. The van der Waals surface area contributed by atoms with Crippen molar-refractivity contribution in [3.05, 3.63) is 61.3 Å². The first kappa shape index (κ1) is 13.0. The molecule has 114 valence electrons. The molecule has 0 aliphatic carbocycles. The van der Waals surface area contributed by atoms with E-state index >= 15 is 0 Å². The predicted molar refractivity (Wildman–Crippen MR) is 92.2 cm³/mol. The van der Waals surface area contributed by atoms with Crippen molar-refractivity contribution in [3.8, 4) is 22.6 Å². The predicted octanol–water partition coefficient (Wildman–Crippen LogP) is 3.56. The van der Waals surface area contributed by atoms with Gasteiger partial charge in [-0.15, -0.1) is 0 Å². The van der Waals surface area contributed by atoms with Crippen LogP contribution in [-0.4, -0.2) is 30.1 Å². The number of hydrogen-bond acceptors (Lipinski definition) is 4. The van der Waals surface area contributed by atoms with E-state index in [1.54, 1.807) is 24.8 Å². The van der Waals surface area contributed by atoms with Crippen molar-refractivity contribution in [2.24, 2.45) is 0 Å². The van der Waals surface area contributed by atoms with Crippen molar-refractivity contribution in [2.75, 3.05) is 0 Å². The Balaban J connectivity index is 1.71. The van der Waals surface area contributed by atoms with Gasteiger partial charge >= 0.3 is 0 Å². The van der Waals surface area contributed by atoms with Crippen molar-refractivity contribution in [2.45, 2.75) is 0 Å². The van der Waals surface area contributed by atoms with Gasteiger partial charge in [0.25, 0.3) is 0 Å². The third-order valence-electron chi connectivity index (χ3n) is 4.10. The van der Waals surface area contributed by atoms with Crippen LogP contribution in [0.3, 0.4) is 0 Å². The topological polar surface area (TPSA) is 83.1 Å². The summed E-state index contributed by atoms with van der Waals surface area (Å²) in [6.45, 7) is 0. The van der Waals surface area contributed by atoms with Crippen LogP contribution in [0.1, 0.15) is 0 Å². The van der Waals surface area contributed by atoms with E-state index in [1.807, 2.05) is 24.4 Å². The second kappa shape index (κ2) is 4.99. The second-order valence-electron chi connectivity index (χ2n) is 5.57. The maximum absolute atomic E-state index is 4.48. The van der Waals surface area contributed by atoms with Crippen LogP contribution in [0.4, 0.5) is 0 Å². The smallest absolute Gasteiger partial charge is 0.116 e. The molecule has 5 rings (SSSR count). The lowest BCUT2D eigenvalue weighted by molar-refractivity contribution is 1.12. The lowest BCUT2D eigenvalue weighted by Gasteiger charge is -2.00. The number of rotatable bonds is 2. The van der Waals surface area contributed by atoms with E-state index in [4.69, 9.17) is 0 Å². The number of H-pyrrole nitrogens is 2. The minimum atomic E-state index is 0.840. The number of hydrogen-bond donors (Lipinski definition) is 2. The highest BCUT2D eigenvalue weighted by Gasteiger charge is 2.12. The highest BCUT2D eigenvalue weighted by molar-refractivity contribution is 5.97. The number of fused-ring (bicyclic) bond motifs is 2. The number of nitrogens with one attached hydrogen (secondary N) is 2.